The maximum atomic E-state index is 6.38. The molecule has 0 bridgehead atoms. The van der Waals surface area contributed by atoms with E-state index < -0.39 is 0 Å². The molecule has 2 heteroatoms. The van der Waals surface area contributed by atoms with Crippen LogP contribution in [0.1, 0.15) is 30.2 Å². The van der Waals surface area contributed by atoms with Gasteiger partial charge < -0.3 is 9.32 Å². The summed E-state index contributed by atoms with van der Waals surface area (Å²) in [5.41, 5.74) is 11.8. The molecule has 5 aromatic rings. The highest BCUT2D eigenvalue weighted by molar-refractivity contribution is 5.91. The van der Waals surface area contributed by atoms with Crippen molar-refractivity contribution in [3.8, 4) is 11.1 Å². The normalized spacial score (nSPS) is 13.3. The topological polar surface area (TPSA) is 16.4 Å². The van der Waals surface area contributed by atoms with E-state index in [1.807, 2.05) is 30.4 Å². The molecule has 0 unspecified atom stereocenters. The second-order valence-corrected chi connectivity index (χ2v) is 10.7. The Kier molecular flexibility index (Phi) is 7.93. The number of nitrogens with zero attached hydrogens (tertiary/aromatic N) is 1. The third kappa shape index (κ3) is 5.48. The smallest absolute Gasteiger partial charge is 0.138 e. The lowest BCUT2D eigenvalue weighted by Gasteiger charge is -2.30. The molecule has 0 radical (unpaired) electrons. The van der Waals surface area contributed by atoms with Crippen molar-refractivity contribution in [3.63, 3.8) is 0 Å². The summed E-state index contributed by atoms with van der Waals surface area (Å²) in [5.74, 6) is 0.986. The fraction of sp³-hybridized carbons (Fsp3) is 0.0732. The van der Waals surface area contributed by atoms with Crippen LogP contribution in [-0.4, -0.2) is 0 Å². The summed E-state index contributed by atoms with van der Waals surface area (Å²) in [6, 6.07) is 36.2. The van der Waals surface area contributed by atoms with Crippen molar-refractivity contribution in [3.05, 3.63) is 187 Å². The summed E-state index contributed by atoms with van der Waals surface area (Å²) in [4.78, 5) is 2.24. The second-order valence-electron chi connectivity index (χ2n) is 10.7. The zero-order chi connectivity index (χ0) is 29.8. The van der Waals surface area contributed by atoms with Crippen LogP contribution in [0.25, 0.3) is 27.7 Å². The van der Waals surface area contributed by atoms with Gasteiger partial charge >= 0.3 is 0 Å². The van der Waals surface area contributed by atoms with Crippen molar-refractivity contribution in [2.75, 3.05) is 4.90 Å². The first-order valence-corrected chi connectivity index (χ1v) is 14.7. The van der Waals surface area contributed by atoms with E-state index in [4.69, 9.17) is 4.42 Å². The van der Waals surface area contributed by atoms with E-state index in [0.29, 0.717) is 0 Å². The van der Waals surface area contributed by atoms with E-state index in [2.05, 4.69) is 129 Å². The number of anilines is 2. The Morgan fingerprint density at radius 2 is 1.33 bits per heavy atom. The zero-order valence-corrected chi connectivity index (χ0v) is 24.6. The van der Waals surface area contributed by atoms with Gasteiger partial charge in [-0.2, -0.15) is 0 Å². The van der Waals surface area contributed by atoms with E-state index in [0.717, 1.165) is 63.5 Å². The summed E-state index contributed by atoms with van der Waals surface area (Å²) in [5, 5.41) is 1.21. The van der Waals surface area contributed by atoms with E-state index in [-0.39, 0.29) is 0 Å². The Hall–Kier alpha value is -5.34. The standard InChI is InChI=1S/C41H35NO/c1-5-13-29(3)30(4)39(14-6-2)42(34-25-21-32(22-26-34)31-15-8-7-9-16-31)35-27-23-33(24-28-35)36-18-12-19-38-37-17-10-11-20-40(37)43-41(36)38/h5-11,13-18,20-28H,1-2,4,12,19H2,3H3/b29-13+,39-14+. The third-order valence-electron chi connectivity index (χ3n) is 8.02. The maximum Gasteiger partial charge on any atom is 0.138 e. The fourth-order valence-corrected chi connectivity index (χ4v) is 5.82. The van der Waals surface area contributed by atoms with E-state index in [1.165, 1.54) is 22.1 Å². The van der Waals surface area contributed by atoms with Gasteiger partial charge in [0.2, 0.25) is 0 Å². The number of fused-ring (bicyclic) bond motifs is 3. The molecule has 0 spiro atoms. The third-order valence-corrected chi connectivity index (χ3v) is 8.02. The predicted octanol–water partition coefficient (Wildman–Crippen LogP) is 11.4. The second kappa shape index (κ2) is 12.3. The molecule has 6 rings (SSSR count). The minimum Gasteiger partial charge on any atom is -0.456 e. The van der Waals surface area contributed by atoms with Crippen LogP contribution >= 0.6 is 0 Å². The molecule has 0 amide bonds. The molecule has 0 saturated heterocycles. The van der Waals surface area contributed by atoms with Gasteiger partial charge in [0.1, 0.15) is 11.3 Å². The number of para-hydroxylation sites is 1. The first-order valence-electron chi connectivity index (χ1n) is 14.7. The van der Waals surface area contributed by atoms with Gasteiger partial charge in [-0.25, -0.2) is 0 Å². The summed E-state index contributed by atoms with van der Waals surface area (Å²) >= 11 is 0. The average molecular weight is 558 g/mol. The molecule has 4 aromatic carbocycles. The van der Waals surface area contributed by atoms with Crippen LogP contribution in [0, 0.1) is 0 Å². The highest BCUT2D eigenvalue weighted by Gasteiger charge is 2.23. The molecule has 2 nitrogen and oxygen atoms in total. The lowest BCUT2D eigenvalue weighted by Crippen LogP contribution is -2.18. The minimum atomic E-state index is 0.901. The molecular formula is C41H35NO. The highest BCUT2D eigenvalue weighted by Crippen LogP contribution is 2.40. The van der Waals surface area contributed by atoms with Crippen LogP contribution in [0.3, 0.4) is 0 Å². The van der Waals surface area contributed by atoms with Crippen LogP contribution in [0.2, 0.25) is 0 Å². The van der Waals surface area contributed by atoms with E-state index in [1.54, 1.807) is 6.08 Å². The summed E-state index contributed by atoms with van der Waals surface area (Å²) in [6.45, 7) is 14.4. The molecule has 210 valence electrons. The molecule has 1 aliphatic rings. The monoisotopic (exact) mass is 557 g/mol. The Balaban J connectivity index is 1.42. The van der Waals surface area contributed by atoms with Gasteiger partial charge in [-0.1, -0.05) is 117 Å². The van der Waals surface area contributed by atoms with Gasteiger partial charge in [0.25, 0.3) is 0 Å². The quantitative estimate of drug-likeness (QED) is 0.168. The number of hydrogen-bond donors (Lipinski definition) is 0. The van der Waals surface area contributed by atoms with Gasteiger partial charge in [-0.3, -0.25) is 0 Å². The Morgan fingerprint density at radius 3 is 2.00 bits per heavy atom. The predicted molar refractivity (Wildman–Crippen MR) is 183 cm³/mol. The lowest BCUT2D eigenvalue weighted by molar-refractivity contribution is 0.591. The van der Waals surface area contributed by atoms with E-state index >= 15 is 0 Å². The zero-order valence-electron chi connectivity index (χ0n) is 24.6. The summed E-state index contributed by atoms with van der Waals surface area (Å²) < 4.78 is 6.38. The maximum absolute atomic E-state index is 6.38. The Morgan fingerprint density at radius 1 is 0.721 bits per heavy atom. The van der Waals surface area contributed by atoms with Crippen molar-refractivity contribution in [1.82, 2.24) is 0 Å². The molecule has 0 atom stereocenters. The fourth-order valence-electron chi connectivity index (χ4n) is 5.82. The molecule has 0 aliphatic heterocycles. The average Bonchev–Trinajstić information content (AvgIpc) is 3.44. The number of hydrogen-bond acceptors (Lipinski definition) is 2. The molecular weight excluding hydrogens is 522 g/mol. The van der Waals surface area contributed by atoms with Gasteiger partial charge in [-0.15, -0.1) is 0 Å². The minimum absolute atomic E-state index is 0.901. The number of rotatable bonds is 9. The van der Waals surface area contributed by atoms with Crippen LogP contribution in [0.15, 0.2) is 175 Å². The van der Waals surface area contributed by atoms with Gasteiger partial charge in [-0.05, 0) is 84.0 Å². The molecule has 43 heavy (non-hydrogen) atoms. The van der Waals surface area contributed by atoms with Gasteiger partial charge in [0.15, 0.2) is 0 Å². The van der Waals surface area contributed by atoms with Crippen LogP contribution in [0.4, 0.5) is 11.4 Å². The number of benzene rings is 4. The molecule has 0 N–H and O–H groups in total. The first kappa shape index (κ1) is 27.8. The van der Waals surface area contributed by atoms with Crippen molar-refractivity contribution in [2.45, 2.75) is 19.8 Å². The van der Waals surface area contributed by atoms with Crippen molar-refractivity contribution in [2.24, 2.45) is 0 Å². The number of aryl methyl sites for hydroxylation is 1. The molecule has 0 fully saturated rings. The summed E-state index contributed by atoms with van der Waals surface area (Å²) in [7, 11) is 0. The first-order chi connectivity index (χ1) is 21.1. The lowest BCUT2D eigenvalue weighted by atomic mass is 9.91. The number of furan rings is 1. The largest absolute Gasteiger partial charge is 0.456 e. The van der Waals surface area contributed by atoms with Crippen LogP contribution < -0.4 is 4.90 Å². The van der Waals surface area contributed by atoms with Crippen LogP contribution in [0.5, 0.6) is 0 Å². The highest BCUT2D eigenvalue weighted by atomic mass is 16.3. The summed E-state index contributed by atoms with van der Waals surface area (Å²) in [6.07, 6.45) is 11.9. The van der Waals surface area contributed by atoms with Crippen molar-refractivity contribution < 1.29 is 4.42 Å². The molecule has 1 aromatic heterocycles. The number of allylic oxidation sites excluding steroid dienone is 6. The molecule has 0 saturated carbocycles. The molecule has 1 aliphatic carbocycles. The van der Waals surface area contributed by atoms with Crippen molar-refractivity contribution >= 4 is 27.9 Å². The Bertz CT molecular complexity index is 1890. The van der Waals surface area contributed by atoms with Gasteiger partial charge in [0, 0.05) is 27.9 Å². The molecule has 1 heterocycles. The Labute approximate surface area is 254 Å². The van der Waals surface area contributed by atoms with E-state index in [9.17, 15) is 0 Å². The van der Waals surface area contributed by atoms with Crippen molar-refractivity contribution in [1.29, 1.82) is 0 Å². The van der Waals surface area contributed by atoms with Crippen LogP contribution in [-0.2, 0) is 6.42 Å². The SMILES string of the molecule is C=C/C=C(\C)C(=C)/C(=C\C=C)N(c1ccc(C2=CCCc3c2oc2ccccc32)cc1)c1ccc(-c2ccccc2)cc1. The van der Waals surface area contributed by atoms with Gasteiger partial charge in [0.05, 0.1) is 5.70 Å².